The largest absolute Gasteiger partial charge is 0.351 e. The molecule has 1 aliphatic heterocycles. The first-order valence-electron chi connectivity index (χ1n) is 10.3. The fourth-order valence-corrected chi connectivity index (χ4v) is 4.16. The summed E-state index contributed by atoms with van der Waals surface area (Å²) in [7, 11) is 0. The molecule has 0 aliphatic carbocycles. The molecule has 1 aliphatic rings. The summed E-state index contributed by atoms with van der Waals surface area (Å²) in [6, 6.07) is 13.0. The Bertz CT molecular complexity index is 1160. The van der Waals surface area contributed by atoms with Crippen molar-refractivity contribution in [3.63, 3.8) is 0 Å². The number of urea groups is 1. The molecule has 1 saturated heterocycles. The molecule has 1 unspecified atom stereocenters. The zero-order valence-corrected chi connectivity index (χ0v) is 17.3. The van der Waals surface area contributed by atoms with E-state index in [2.05, 4.69) is 5.32 Å². The fourth-order valence-electron chi connectivity index (χ4n) is 4.16. The molecule has 166 valence electrons. The van der Waals surface area contributed by atoms with E-state index >= 15 is 0 Å². The minimum absolute atomic E-state index is 0.0157. The van der Waals surface area contributed by atoms with E-state index in [0.717, 1.165) is 5.56 Å². The van der Waals surface area contributed by atoms with Gasteiger partial charge < -0.3 is 21.7 Å². The van der Waals surface area contributed by atoms with Crippen LogP contribution in [0.1, 0.15) is 12.0 Å². The molecule has 0 bridgehead atoms. The Morgan fingerprint density at radius 1 is 1.09 bits per heavy atom. The van der Waals surface area contributed by atoms with Gasteiger partial charge in [-0.3, -0.25) is 9.36 Å². The lowest BCUT2D eigenvalue weighted by Gasteiger charge is -2.28. The third-order valence-electron chi connectivity index (χ3n) is 5.75. The molecule has 0 radical (unpaired) electrons. The Hall–Kier alpha value is -3.72. The van der Waals surface area contributed by atoms with Gasteiger partial charge in [-0.2, -0.15) is 0 Å². The number of aromatic nitrogens is 1. The molecule has 2 heterocycles. The summed E-state index contributed by atoms with van der Waals surface area (Å²) in [5.74, 6) is -0.265. The number of primary amides is 1. The highest BCUT2D eigenvalue weighted by Gasteiger charge is 2.41. The number of amides is 3. The van der Waals surface area contributed by atoms with E-state index in [0.29, 0.717) is 16.6 Å². The maximum atomic E-state index is 14.3. The molecule has 1 aromatic heterocycles. The molecule has 3 amide bonds. The average molecular weight is 437 g/mol. The lowest BCUT2D eigenvalue weighted by Crippen LogP contribution is -2.52. The maximum absolute atomic E-state index is 14.3. The smallest absolute Gasteiger partial charge is 0.323 e. The maximum Gasteiger partial charge on any atom is 0.323 e. The second kappa shape index (κ2) is 8.80. The van der Waals surface area contributed by atoms with Crippen LogP contribution in [-0.2, 0) is 11.2 Å². The lowest BCUT2D eigenvalue weighted by molar-refractivity contribution is -0.120. The summed E-state index contributed by atoms with van der Waals surface area (Å²) in [6.07, 6.45) is 0.228. The molecule has 0 saturated carbocycles. The van der Waals surface area contributed by atoms with Crippen molar-refractivity contribution in [3.8, 4) is 0 Å². The zero-order chi connectivity index (χ0) is 22.8. The van der Waals surface area contributed by atoms with Crippen LogP contribution < -0.4 is 16.8 Å². The van der Waals surface area contributed by atoms with Gasteiger partial charge in [-0.05, 0) is 11.6 Å². The predicted octanol–water partition coefficient (Wildman–Crippen LogP) is 2.65. The van der Waals surface area contributed by atoms with Crippen molar-refractivity contribution in [1.29, 1.82) is 0 Å². The van der Waals surface area contributed by atoms with Gasteiger partial charge >= 0.3 is 12.1 Å². The van der Waals surface area contributed by atoms with E-state index in [1.54, 1.807) is 24.3 Å². The molecular weight excluding hydrogens is 413 g/mol. The predicted molar refractivity (Wildman–Crippen MR) is 119 cm³/mol. The molecule has 2 aromatic carbocycles. The van der Waals surface area contributed by atoms with E-state index < -0.39 is 30.3 Å². The molecule has 3 atom stereocenters. The van der Waals surface area contributed by atoms with E-state index in [1.807, 2.05) is 30.3 Å². The molecule has 5 N–H and O–H groups in total. The van der Waals surface area contributed by atoms with Crippen molar-refractivity contribution in [2.75, 3.05) is 11.9 Å². The third kappa shape index (κ3) is 4.19. The van der Waals surface area contributed by atoms with Gasteiger partial charge in [-0.1, -0.05) is 48.5 Å². The standard InChI is InChI=1S/C23H24FN5O3/c24-15-11-19(21(25)20(30)10-14-6-2-1-3-7-14)29(12-15)23(32)27-17-13-28(22(26)31)18-9-5-4-8-16(17)18/h1-9,13,15,19,21H,10-12,25H2,(H2,26,31)(H,27,32)/t15-,19+,21?/m1/s1. The van der Waals surface area contributed by atoms with E-state index in [-0.39, 0.29) is 25.2 Å². The highest BCUT2D eigenvalue weighted by Crippen LogP contribution is 2.28. The van der Waals surface area contributed by atoms with Gasteiger partial charge in [-0.25, -0.2) is 14.0 Å². The van der Waals surface area contributed by atoms with Gasteiger partial charge in [0.25, 0.3) is 0 Å². The summed E-state index contributed by atoms with van der Waals surface area (Å²) in [4.78, 5) is 38.8. The molecular formula is C23H24FN5O3. The van der Waals surface area contributed by atoms with Gasteiger partial charge in [0, 0.05) is 24.4 Å². The summed E-state index contributed by atoms with van der Waals surface area (Å²) < 4.78 is 15.5. The van der Waals surface area contributed by atoms with Crippen molar-refractivity contribution in [3.05, 3.63) is 66.4 Å². The number of ketones is 1. The quantitative estimate of drug-likeness (QED) is 0.568. The minimum atomic E-state index is -1.28. The number of carbonyl (C=O) groups is 3. The number of hydrogen-bond acceptors (Lipinski definition) is 4. The molecule has 4 rings (SSSR count). The summed E-state index contributed by atoms with van der Waals surface area (Å²) >= 11 is 0. The number of carbonyl (C=O) groups excluding carboxylic acids is 3. The van der Waals surface area contributed by atoms with Gasteiger partial charge in [0.2, 0.25) is 0 Å². The van der Waals surface area contributed by atoms with Crippen LogP contribution in [0.3, 0.4) is 0 Å². The number of fused-ring (bicyclic) bond motifs is 1. The number of benzene rings is 2. The third-order valence-corrected chi connectivity index (χ3v) is 5.75. The zero-order valence-electron chi connectivity index (χ0n) is 17.3. The number of likely N-dealkylation sites (tertiary alicyclic amines) is 1. The normalized spacial score (nSPS) is 19.1. The van der Waals surface area contributed by atoms with Gasteiger partial charge in [0.15, 0.2) is 5.78 Å². The van der Waals surface area contributed by atoms with Gasteiger partial charge in [0.05, 0.1) is 29.8 Å². The molecule has 8 nitrogen and oxygen atoms in total. The topological polar surface area (TPSA) is 123 Å². The van der Waals surface area contributed by atoms with Crippen LogP contribution in [0, 0.1) is 0 Å². The van der Waals surface area contributed by atoms with Crippen molar-refractivity contribution >= 4 is 34.4 Å². The molecule has 0 spiro atoms. The first-order chi connectivity index (χ1) is 15.3. The Morgan fingerprint density at radius 2 is 1.78 bits per heavy atom. The Kier molecular flexibility index (Phi) is 5.91. The molecule has 3 aromatic rings. The van der Waals surface area contributed by atoms with Crippen LogP contribution in [0.25, 0.3) is 10.9 Å². The number of halogens is 1. The Labute approximate surface area is 184 Å². The second-order valence-electron chi connectivity index (χ2n) is 7.91. The average Bonchev–Trinajstić information content (AvgIpc) is 3.35. The Morgan fingerprint density at radius 3 is 2.50 bits per heavy atom. The summed E-state index contributed by atoms with van der Waals surface area (Å²) in [5, 5.41) is 3.33. The Balaban J connectivity index is 1.53. The SMILES string of the molecule is NC(=O)n1cc(NC(=O)N2C[C@H](F)C[C@H]2C(N)C(=O)Cc2ccccc2)c2ccccc21. The number of hydrogen-bond donors (Lipinski definition) is 3. The monoisotopic (exact) mass is 437 g/mol. The molecule has 32 heavy (non-hydrogen) atoms. The number of nitrogens with zero attached hydrogens (tertiary/aromatic N) is 2. The van der Waals surface area contributed by atoms with E-state index in [1.165, 1.54) is 15.7 Å². The van der Waals surface area contributed by atoms with Crippen LogP contribution in [0.2, 0.25) is 0 Å². The van der Waals surface area contributed by atoms with Gasteiger partial charge in [0.1, 0.15) is 6.17 Å². The highest BCUT2D eigenvalue weighted by atomic mass is 19.1. The number of alkyl halides is 1. The number of Topliss-reactive ketones (excluding diaryl/α,β-unsaturated/α-hetero) is 1. The van der Waals surface area contributed by atoms with Crippen LogP contribution in [-0.4, -0.2) is 52.1 Å². The van der Waals surface area contributed by atoms with Crippen molar-refractivity contribution in [2.24, 2.45) is 11.5 Å². The van der Waals surface area contributed by atoms with Crippen LogP contribution in [0.5, 0.6) is 0 Å². The van der Waals surface area contributed by atoms with E-state index in [9.17, 15) is 18.8 Å². The highest BCUT2D eigenvalue weighted by molar-refractivity contribution is 6.04. The molecule has 1 fully saturated rings. The first kappa shape index (κ1) is 21.5. The van der Waals surface area contributed by atoms with Crippen molar-refractivity contribution in [1.82, 2.24) is 9.47 Å². The number of nitrogens with one attached hydrogen (secondary N) is 1. The lowest BCUT2D eigenvalue weighted by atomic mass is 9.97. The van der Waals surface area contributed by atoms with Gasteiger partial charge in [-0.15, -0.1) is 0 Å². The fraction of sp³-hybridized carbons (Fsp3) is 0.261. The van der Waals surface area contributed by atoms with Crippen LogP contribution in [0.15, 0.2) is 60.8 Å². The van der Waals surface area contributed by atoms with Crippen LogP contribution >= 0.6 is 0 Å². The number of anilines is 1. The number of para-hydroxylation sites is 1. The van der Waals surface area contributed by atoms with Crippen molar-refractivity contribution < 1.29 is 18.8 Å². The van der Waals surface area contributed by atoms with Crippen LogP contribution in [0.4, 0.5) is 19.7 Å². The van der Waals surface area contributed by atoms with E-state index in [4.69, 9.17) is 11.5 Å². The van der Waals surface area contributed by atoms with Crippen molar-refractivity contribution in [2.45, 2.75) is 31.1 Å². The second-order valence-corrected chi connectivity index (χ2v) is 7.91. The minimum Gasteiger partial charge on any atom is -0.351 e. The summed E-state index contributed by atoms with van der Waals surface area (Å²) in [5.41, 5.74) is 13.3. The number of rotatable bonds is 5. The number of nitrogens with two attached hydrogens (primary N) is 2. The summed E-state index contributed by atoms with van der Waals surface area (Å²) in [6.45, 7) is -0.169. The first-order valence-corrected chi connectivity index (χ1v) is 10.3. The molecule has 9 heteroatoms.